The third-order valence-corrected chi connectivity index (χ3v) is 5.48. The lowest BCUT2D eigenvalue weighted by molar-refractivity contribution is 0.102. The number of hydrogen-bond donors (Lipinski definition) is 1. The number of thiazole rings is 1. The van der Waals surface area contributed by atoms with Crippen LogP contribution in [0.4, 0.5) is 5.13 Å². The molecule has 0 radical (unpaired) electrons. The van der Waals surface area contributed by atoms with E-state index in [1.54, 1.807) is 18.4 Å². The van der Waals surface area contributed by atoms with Crippen molar-refractivity contribution in [1.82, 2.24) is 9.55 Å². The van der Waals surface area contributed by atoms with Gasteiger partial charge in [0.05, 0.1) is 12.3 Å². The van der Waals surface area contributed by atoms with Crippen molar-refractivity contribution in [2.45, 2.75) is 25.8 Å². The zero-order chi connectivity index (χ0) is 16.5. The Morgan fingerprint density at radius 3 is 3.12 bits per heavy atom. The van der Waals surface area contributed by atoms with Crippen molar-refractivity contribution >= 4 is 33.3 Å². The van der Waals surface area contributed by atoms with Crippen LogP contribution in [0.1, 0.15) is 27.3 Å². The minimum atomic E-state index is -0.0995. The molecule has 3 aromatic rings. The molecule has 0 saturated carbocycles. The zero-order valence-electron chi connectivity index (χ0n) is 13.5. The topological polar surface area (TPSA) is 56.1 Å². The Hall–Kier alpha value is -2.18. The number of aryl methyl sites for hydroxylation is 2. The van der Waals surface area contributed by atoms with Gasteiger partial charge < -0.3 is 9.30 Å². The minimum Gasteiger partial charge on any atom is -0.383 e. The first kappa shape index (κ1) is 15.4. The highest BCUT2D eigenvalue weighted by molar-refractivity contribution is 7.16. The van der Waals surface area contributed by atoms with Crippen molar-refractivity contribution in [2.75, 3.05) is 19.0 Å². The van der Waals surface area contributed by atoms with Gasteiger partial charge in [-0.15, -0.1) is 11.3 Å². The van der Waals surface area contributed by atoms with Gasteiger partial charge in [-0.3, -0.25) is 10.1 Å². The third-order valence-electron chi connectivity index (χ3n) is 4.41. The molecule has 2 aromatic heterocycles. The Morgan fingerprint density at radius 2 is 2.29 bits per heavy atom. The van der Waals surface area contributed by atoms with Crippen molar-refractivity contribution in [2.24, 2.45) is 0 Å². The molecule has 0 unspecified atom stereocenters. The predicted molar refractivity (Wildman–Crippen MR) is 95.9 cm³/mol. The summed E-state index contributed by atoms with van der Waals surface area (Å²) in [7, 11) is 1.69. The molecule has 1 aliphatic rings. The number of rotatable bonds is 5. The molecule has 2 heterocycles. The molecule has 5 nitrogen and oxygen atoms in total. The van der Waals surface area contributed by atoms with Crippen molar-refractivity contribution < 1.29 is 9.53 Å². The number of amides is 1. The van der Waals surface area contributed by atoms with Gasteiger partial charge in [-0.05, 0) is 37.5 Å². The average molecular weight is 341 g/mol. The Labute approximate surface area is 144 Å². The van der Waals surface area contributed by atoms with Crippen molar-refractivity contribution in [3.8, 4) is 0 Å². The maximum absolute atomic E-state index is 12.7. The van der Waals surface area contributed by atoms with Gasteiger partial charge in [0.1, 0.15) is 0 Å². The first-order chi connectivity index (χ1) is 11.8. The largest absolute Gasteiger partial charge is 0.383 e. The summed E-state index contributed by atoms with van der Waals surface area (Å²) in [6, 6.07) is 7.80. The molecule has 6 heteroatoms. The smallest absolute Gasteiger partial charge is 0.258 e. The summed E-state index contributed by atoms with van der Waals surface area (Å²) in [4.78, 5) is 18.6. The van der Waals surface area contributed by atoms with Crippen LogP contribution >= 0.6 is 11.3 Å². The van der Waals surface area contributed by atoms with Crippen LogP contribution in [0, 0.1) is 0 Å². The van der Waals surface area contributed by atoms with Crippen LogP contribution in [0.2, 0.25) is 0 Å². The Kier molecular flexibility index (Phi) is 4.08. The van der Waals surface area contributed by atoms with Gasteiger partial charge in [0.25, 0.3) is 5.91 Å². The number of carbonyl (C=O) groups is 1. The maximum atomic E-state index is 12.7. The number of nitrogens with zero attached hydrogens (tertiary/aromatic N) is 2. The second kappa shape index (κ2) is 6.37. The molecule has 1 N–H and O–H groups in total. The van der Waals surface area contributed by atoms with Crippen LogP contribution in [0.15, 0.2) is 30.5 Å². The molecular formula is C18H19N3O2S. The summed E-state index contributed by atoms with van der Waals surface area (Å²) in [5, 5.41) is 4.63. The first-order valence-electron chi connectivity index (χ1n) is 8.13. The molecule has 1 aliphatic carbocycles. The zero-order valence-corrected chi connectivity index (χ0v) is 14.4. The lowest BCUT2D eigenvalue weighted by Gasteiger charge is -2.07. The van der Waals surface area contributed by atoms with Gasteiger partial charge in [-0.1, -0.05) is 6.07 Å². The monoisotopic (exact) mass is 341 g/mol. The second-order valence-electron chi connectivity index (χ2n) is 5.94. The van der Waals surface area contributed by atoms with Crippen LogP contribution in [0.3, 0.4) is 0 Å². The molecule has 0 fully saturated rings. The number of aromatic nitrogens is 2. The summed E-state index contributed by atoms with van der Waals surface area (Å²) >= 11 is 1.60. The van der Waals surface area contributed by atoms with E-state index in [-0.39, 0.29) is 5.91 Å². The number of anilines is 1. The molecular weight excluding hydrogens is 322 g/mol. The van der Waals surface area contributed by atoms with E-state index in [1.807, 2.05) is 30.5 Å². The van der Waals surface area contributed by atoms with Gasteiger partial charge in [0.2, 0.25) is 0 Å². The van der Waals surface area contributed by atoms with Crippen LogP contribution in [0.25, 0.3) is 10.9 Å². The number of carbonyl (C=O) groups excluding carboxylic acids is 1. The Morgan fingerprint density at radius 1 is 1.38 bits per heavy atom. The molecule has 124 valence electrons. The van der Waals surface area contributed by atoms with E-state index in [0.29, 0.717) is 17.3 Å². The van der Waals surface area contributed by atoms with Crippen LogP contribution in [0.5, 0.6) is 0 Å². The van der Waals surface area contributed by atoms with E-state index in [4.69, 9.17) is 4.74 Å². The Bertz CT molecular complexity index is 875. The van der Waals surface area contributed by atoms with E-state index in [2.05, 4.69) is 14.9 Å². The fraction of sp³-hybridized carbons (Fsp3) is 0.333. The van der Waals surface area contributed by atoms with Gasteiger partial charge >= 0.3 is 0 Å². The summed E-state index contributed by atoms with van der Waals surface area (Å²) in [6.07, 6.45) is 5.29. The molecule has 0 spiro atoms. The van der Waals surface area contributed by atoms with Crippen LogP contribution in [-0.2, 0) is 24.1 Å². The third kappa shape index (κ3) is 2.72. The summed E-state index contributed by atoms with van der Waals surface area (Å²) in [5.74, 6) is -0.0995. The standard InChI is InChI=1S/C18H19N3O2S/c1-23-11-10-21-9-8-12-13(4-2-6-15(12)21)17(22)20-18-19-14-5-3-7-16(14)24-18/h2,4,6,8-9H,3,5,7,10-11H2,1H3,(H,19,20,22). The van der Waals surface area contributed by atoms with Crippen molar-refractivity contribution in [3.63, 3.8) is 0 Å². The van der Waals surface area contributed by atoms with Crippen molar-refractivity contribution in [3.05, 3.63) is 46.6 Å². The number of ether oxygens (including phenoxy) is 1. The highest BCUT2D eigenvalue weighted by Gasteiger charge is 2.19. The van der Waals surface area contributed by atoms with E-state index in [1.165, 1.54) is 11.3 Å². The quantitative estimate of drug-likeness (QED) is 0.773. The number of methoxy groups -OCH3 is 1. The van der Waals surface area contributed by atoms with E-state index in [0.717, 1.165) is 36.0 Å². The SMILES string of the molecule is COCCn1ccc2c(C(=O)Nc3nc4c(s3)CCC4)cccc21. The maximum Gasteiger partial charge on any atom is 0.258 e. The fourth-order valence-electron chi connectivity index (χ4n) is 3.21. The fourth-order valence-corrected chi connectivity index (χ4v) is 4.26. The number of hydrogen-bond acceptors (Lipinski definition) is 4. The van der Waals surface area contributed by atoms with E-state index in [9.17, 15) is 4.79 Å². The molecule has 0 saturated heterocycles. The lowest BCUT2D eigenvalue weighted by Crippen LogP contribution is -2.12. The summed E-state index contributed by atoms with van der Waals surface area (Å²) in [5.41, 5.74) is 2.87. The average Bonchev–Trinajstić information content (AvgIpc) is 3.26. The Balaban J connectivity index is 1.60. The second-order valence-corrected chi connectivity index (χ2v) is 7.02. The first-order valence-corrected chi connectivity index (χ1v) is 8.94. The molecule has 24 heavy (non-hydrogen) atoms. The minimum absolute atomic E-state index is 0.0995. The summed E-state index contributed by atoms with van der Waals surface area (Å²) in [6.45, 7) is 1.41. The predicted octanol–water partition coefficient (Wildman–Crippen LogP) is 3.49. The number of benzene rings is 1. The van der Waals surface area contributed by atoms with E-state index < -0.39 is 0 Å². The summed E-state index contributed by atoms with van der Waals surface area (Å²) < 4.78 is 7.25. The van der Waals surface area contributed by atoms with Gasteiger partial charge in [-0.2, -0.15) is 0 Å². The molecule has 1 amide bonds. The normalized spacial score (nSPS) is 13.4. The molecule has 0 aliphatic heterocycles. The molecule has 1 aromatic carbocycles. The number of nitrogens with one attached hydrogen (secondary N) is 1. The molecule has 4 rings (SSSR count). The van der Waals surface area contributed by atoms with Crippen LogP contribution in [-0.4, -0.2) is 29.2 Å². The van der Waals surface area contributed by atoms with E-state index >= 15 is 0 Å². The van der Waals surface area contributed by atoms with Crippen LogP contribution < -0.4 is 5.32 Å². The van der Waals surface area contributed by atoms with Gasteiger partial charge in [0, 0.05) is 41.2 Å². The molecule has 0 atom stereocenters. The van der Waals surface area contributed by atoms with Crippen molar-refractivity contribution in [1.29, 1.82) is 0 Å². The van der Waals surface area contributed by atoms with Gasteiger partial charge in [-0.25, -0.2) is 4.98 Å². The number of fused-ring (bicyclic) bond motifs is 2. The molecule has 0 bridgehead atoms. The van der Waals surface area contributed by atoms with Gasteiger partial charge in [0.15, 0.2) is 5.13 Å². The lowest BCUT2D eigenvalue weighted by atomic mass is 10.1. The highest BCUT2D eigenvalue weighted by atomic mass is 32.1. The highest BCUT2D eigenvalue weighted by Crippen LogP contribution is 2.31.